The molecular weight excluding hydrogens is 368 g/mol. The van der Waals surface area contributed by atoms with Crippen molar-refractivity contribution >= 4 is 34.8 Å². The average molecular weight is 397 g/mol. The minimum atomic E-state index is -0.946. The zero-order valence-electron chi connectivity index (χ0n) is 16.6. The van der Waals surface area contributed by atoms with E-state index >= 15 is 0 Å². The number of aliphatic carboxylic acids is 1. The molecule has 8 heteroatoms. The topological polar surface area (TPSA) is 106 Å². The van der Waals surface area contributed by atoms with Crippen LogP contribution in [0.25, 0.3) is 0 Å². The van der Waals surface area contributed by atoms with Gasteiger partial charge in [0.1, 0.15) is 11.4 Å². The molecule has 0 radical (unpaired) electrons. The molecule has 1 aromatic heterocycles. The van der Waals surface area contributed by atoms with Crippen LogP contribution < -0.4 is 5.32 Å². The Morgan fingerprint density at radius 3 is 2.30 bits per heavy atom. The van der Waals surface area contributed by atoms with Crippen LogP contribution in [0.3, 0.4) is 0 Å². The fourth-order valence-electron chi connectivity index (χ4n) is 2.70. The van der Waals surface area contributed by atoms with E-state index in [-0.39, 0.29) is 22.7 Å². The van der Waals surface area contributed by atoms with Crippen molar-refractivity contribution in [1.29, 1.82) is 0 Å². The molecule has 1 aromatic rings. The van der Waals surface area contributed by atoms with Gasteiger partial charge in [0.25, 0.3) is 0 Å². The maximum Gasteiger partial charge on any atom is 0.413 e. The molecule has 0 aliphatic heterocycles. The second-order valence-electron chi connectivity index (χ2n) is 7.62. The van der Waals surface area contributed by atoms with Crippen molar-refractivity contribution in [3.8, 4) is 0 Å². The number of hydrogen-bond acceptors (Lipinski definition) is 6. The molecule has 0 aliphatic rings. The Kier molecular flexibility index (Phi) is 8.27. The number of aromatic nitrogens is 1. The van der Waals surface area contributed by atoms with Gasteiger partial charge in [0.2, 0.25) is 0 Å². The molecule has 27 heavy (non-hydrogen) atoms. The minimum absolute atomic E-state index is 0.0325. The van der Waals surface area contributed by atoms with Gasteiger partial charge >= 0.3 is 12.1 Å². The number of hydrogen-bond donors (Lipinski definition) is 2. The van der Waals surface area contributed by atoms with Gasteiger partial charge < -0.3 is 9.84 Å². The second kappa shape index (κ2) is 9.73. The van der Waals surface area contributed by atoms with Crippen molar-refractivity contribution in [2.24, 2.45) is 11.8 Å². The van der Waals surface area contributed by atoms with Gasteiger partial charge in [-0.25, -0.2) is 9.78 Å². The van der Waals surface area contributed by atoms with E-state index in [2.05, 4.69) is 10.3 Å². The maximum atomic E-state index is 11.8. The maximum absolute atomic E-state index is 11.8. The first-order chi connectivity index (χ1) is 12.4. The highest BCUT2D eigenvalue weighted by atomic mass is 32.2. The highest BCUT2D eigenvalue weighted by Crippen LogP contribution is 2.34. The van der Waals surface area contributed by atoms with E-state index < -0.39 is 23.6 Å². The molecule has 1 rings (SSSR count). The highest BCUT2D eigenvalue weighted by molar-refractivity contribution is 8.13. The first kappa shape index (κ1) is 23.0. The van der Waals surface area contributed by atoms with Crippen molar-refractivity contribution in [2.45, 2.75) is 53.1 Å². The zero-order valence-corrected chi connectivity index (χ0v) is 17.4. The number of pyridine rings is 1. The van der Waals surface area contributed by atoms with Gasteiger partial charge in [0.05, 0.1) is 5.92 Å². The molecule has 7 nitrogen and oxygen atoms in total. The van der Waals surface area contributed by atoms with Crippen LogP contribution in [0.1, 0.15) is 53.0 Å². The molecule has 2 N–H and O–H groups in total. The summed E-state index contributed by atoms with van der Waals surface area (Å²) in [6, 6.07) is 3.37. The van der Waals surface area contributed by atoms with Crippen LogP contribution in [0.5, 0.6) is 0 Å². The quantitative estimate of drug-likeness (QED) is 0.713. The highest BCUT2D eigenvalue weighted by Gasteiger charge is 2.32. The fourth-order valence-corrected chi connectivity index (χ4v) is 3.47. The van der Waals surface area contributed by atoms with Crippen LogP contribution in [0.2, 0.25) is 0 Å². The molecule has 0 fully saturated rings. The number of carboxylic acids is 1. The zero-order chi connectivity index (χ0) is 20.8. The Labute approximate surface area is 164 Å². The summed E-state index contributed by atoms with van der Waals surface area (Å²) in [5.74, 6) is -1.42. The fraction of sp³-hybridized carbons (Fsp3) is 0.579. The van der Waals surface area contributed by atoms with Crippen LogP contribution in [-0.2, 0) is 14.3 Å². The lowest BCUT2D eigenvalue weighted by molar-refractivity contribution is -0.142. The SMILES string of the molecule is CC(=O)SCC(C(=O)O)C(c1ccc(NC(=O)OC(C)(C)C)nc1)C(C)C. The second-order valence-corrected chi connectivity index (χ2v) is 8.82. The number of rotatable bonds is 7. The van der Waals surface area contributed by atoms with E-state index in [0.29, 0.717) is 5.82 Å². The summed E-state index contributed by atoms with van der Waals surface area (Å²) in [5, 5.41) is 12.1. The lowest BCUT2D eigenvalue weighted by Gasteiger charge is -2.27. The Hall–Kier alpha value is -2.09. The number of nitrogens with zero attached hydrogens (tertiary/aromatic N) is 1. The van der Waals surface area contributed by atoms with Gasteiger partial charge in [-0.05, 0) is 38.3 Å². The molecule has 1 amide bonds. The lowest BCUT2D eigenvalue weighted by Crippen LogP contribution is -2.29. The van der Waals surface area contributed by atoms with E-state index in [1.807, 2.05) is 13.8 Å². The summed E-state index contributed by atoms with van der Waals surface area (Å²) in [6.07, 6.45) is 0.954. The molecule has 0 aliphatic carbocycles. The van der Waals surface area contributed by atoms with Gasteiger partial charge in [0, 0.05) is 24.8 Å². The van der Waals surface area contributed by atoms with Crippen molar-refractivity contribution in [3.63, 3.8) is 0 Å². The van der Waals surface area contributed by atoms with E-state index in [1.165, 1.54) is 6.92 Å². The van der Waals surface area contributed by atoms with Crippen LogP contribution in [0, 0.1) is 11.8 Å². The van der Waals surface area contributed by atoms with Crippen LogP contribution in [0.4, 0.5) is 10.6 Å². The van der Waals surface area contributed by atoms with E-state index in [0.717, 1.165) is 17.3 Å². The van der Waals surface area contributed by atoms with Gasteiger partial charge in [0.15, 0.2) is 5.12 Å². The summed E-state index contributed by atoms with van der Waals surface area (Å²) in [4.78, 5) is 39.0. The average Bonchev–Trinajstić information content (AvgIpc) is 2.49. The van der Waals surface area contributed by atoms with E-state index in [9.17, 15) is 19.5 Å². The molecule has 0 spiro atoms. The third kappa shape index (κ3) is 7.99. The third-order valence-corrected chi connectivity index (χ3v) is 4.67. The molecule has 0 saturated heterocycles. The Morgan fingerprint density at radius 1 is 1.26 bits per heavy atom. The lowest BCUT2D eigenvalue weighted by atomic mass is 9.79. The predicted molar refractivity (Wildman–Crippen MR) is 106 cm³/mol. The van der Waals surface area contributed by atoms with Crippen LogP contribution >= 0.6 is 11.8 Å². The smallest absolute Gasteiger partial charge is 0.413 e. The molecule has 0 saturated carbocycles. The Bertz CT molecular complexity index is 668. The normalized spacial score (nSPS) is 13.7. The number of ether oxygens (including phenoxy) is 1. The molecule has 1 heterocycles. The predicted octanol–water partition coefficient (Wildman–Crippen LogP) is 4.15. The summed E-state index contributed by atoms with van der Waals surface area (Å²) >= 11 is 1.01. The molecule has 0 aromatic carbocycles. The number of carboxylic acid groups (broad SMARTS) is 1. The Balaban J connectivity index is 2.97. The largest absolute Gasteiger partial charge is 0.481 e. The van der Waals surface area contributed by atoms with Gasteiger partial charge in [-0.2, -0.15) is 0 Å². The van der Waals surface area contributed by atoms with Crippen LogP contribution in [-0.4, -0.2) is 38.6 Å². The standard InChI is InChI=1S/C19H28N2O5S/c1-11(2)16(14(17(23)24)10-27-12(3)22)13-7-8-15(20-9-13)21-18(25)26-19(4,5)6/h7-9,11,14,16H,10H2,1-6H3,(H,23,24)(H,20,21,25). The number of nitrogens with one attached hydrogen (secondary N) is 1. The summed E-state index contributed by atoms with van der Waals surface area (Å²) in [5.41, 5.74) is 0.131. The summed E-state index contributed by atoms with van der Waals surface area (Å²) < 4.78 is 5.18. The number of anilines is 1. The Morgan fingerprint density at radius 2 is 1.89 bits per heavy atom. The molecule has 2 unspecified atom stereocenters. The molecule has 150 valence electrons. The minimum Gasteiger partial charge on any atom is -0.481 e. The number of carbonyl (C=O) groups is 3. The number of thioether (sulfide) groups is 1. The van der Waals surface area contributed by atoms with Crippen LogP contribution in [0.15, 0.2) is 18.3 Å². The first-order valence-corrected chi connectivity index (χ1v) is 9.71. The van der Waals surface area contributed by atoms with Crippen molar-refractivity contribution in [1.82, 2.24) is 4.98 Å². The van der Waals surface area contributed by atoms with Gasteiger partial charge in [-0.3, -0.25) is 14.9 Å². The number of amides is 1. The van der Waals surface area contributed by atoms with Gasteiger partial charge in [-0.1, -0.05) is 31.7 Å². The van der Waals surface area contributed by atoms with E-state index in [4.69, 9.17) is 4.74 Å². The molecular formula is C19H28N2O5S. The van der Waals surface area contributed by atoms with E-state index in [1.54, 1.807) is 39.1 Å². The molecule has 0 bridgehead atoms. The third-order valence-electron chi connectivity index (χ3n) is 3.74. The monoisotopic (exact) mass is 396 g/mol. The first-order valence-electron chi connectivity index (χ1n) is 8.73. The van der Waals surface area contributed by atoms with Crippen molar-refractivity contribution in [2.75, 3.05) is 11.1 Å². The molecule has 2 atom stereocenters. The van der Waals surface area contributed by atoms with Crippen molar-refractivity contribution in [3.05, 3.63) is 23.9 Å². The summed E-state index contributed by atoms with van der Waals surface area (Å²) in [7, 11) is 0. The number of carbonyl (C=O) groups excluding carboxylic acids is 2. The summed E-state index contributed by atoms with van der Waals surface area (Å²) in [6.45, 7) is 10.6. The van der Waals surface area contributed by atoms with Crippen molar-refractivity contribution < 1.29 is 24.2 Å². The van der Waals surface area contributed by atoms with Gasteiger partial charge in [-0.15, -0.1) is 0 Å².